The zero-order chi connectivity index (χ0) is 16.2. The van der Waals surface area contributed by atoms with Crippen LogP contribution in [0.3, 0.4) is 0 Å². The third-order valence-electron chi connectivity index (χ3n) is 2.45. The van der Waals surface area contributed by atoms with Gasteiger partial charge in [-0.3, -0.25) is 4.99 Å². The molecule has 0 unspecified atom stereocenters. The summed E-state index contributed by atoms with van der Waals surface area (Å²) in [7, 11) is -3.58. The van der Waals surface area contributed by atoms with Crippen molar-refractivity contribution in [2.75, 3.05) is 6.26 Å². The van der Waals surface area contributed by atoms with Gasteiger partial charge in [0.05, 0.1) is 27.1 Å². The SMILES string of the molecule is CS(=O)(=O)c1ccc(C(=O)O)c(Cl)c1CN=CC(Cl)=CN. The van der Waals surface area contributed by atoms with E-state index in [2.05, 4.69) is 4.99 Å². The van der Waals surface area contributed by atoms with Gasteiger partial charge in [-0.15, -0.1) is 0 Å². The Morgan fingerprint density at radius 2 is 2.10 bits per heavy atom. The number of nitrogens with zero attached hydrogens (tertiary/aromatic N) is 1. The van der Waals surface area contributed by atoms with E-state index in [4.69, 9.17) is 34.0 Å². The lowest BCUT2D eigenvalue weighted by Gasteiger charge is -2.10. The van der Waals surface area contributed by atoms with Gasteiger partial charge in [0.1, 0.15) is 0 Å². The van der Waals surface area contributed by atoms with Crippen LogP contribution in [0.5, 0.6) is 0 Å². The number of allylic oxidation sites excluding steroid dienone is 1. The minimum atomic E-state index is -3.58. The van der Waals surface area contributed by atoms with Crippen LogP contribution in [0.1, 0.15) is 15.9 Å². The molecule has 3 N–H and O–H groups in total. The van der Waals surface area contributed by atoms with Crippen molar-refractivity contribution in [2.45, 2.75) is 11.4 Å². The molecule has 1 aromatic rings. The highest BCUT2D eigenvalue weighted by atomic mass is 35.5. The van der Waals surface area contributed by atoms with Gasteiger partial charge in [0, 0.05) is 24.2 Å². The van der Waals surface area contributed by atoms with Crippen LogP contribution in [0.15, 0.2) is 33.3 Å². The summed E-state index contributed by atoms with van der Waals surface area (Å²) in [6.07, 6.45) is 3.33. The monoisotopic (exact) mass is 350 g/mol. The lowest BCUT2D eigenvalue weighted by Crippen LogP contribution is -2.07. The second-order valence-corrected chi connectivity index (χ2v) is 6.80. The van der Waals surface area contributed by atoms with E-state index in [1.165, 1.54) is 12.3 Å². The molecule has 9 heteroatoms. The topological polar surface area (TPSA) is 110 Å². The molecule has 0 radical (unpaired) electrons. The van der Waals surface area contributed by atoms with Crippen molar-refractivity contribution in [1.82, 2.24) is 0 Å². The second-order valence-electron chi connectivity index (χ2n) is 4.00. The third kappa shape index (κ3) is 4.45. The minimum absolute atomic E-state index is 0.0810. The summed E-state index contributed by atoms with van der Waals surface area (Å²) in [5.41, 5.74) is 5.05. The van der Waals surface area contributed by atoms with Crippen molar-refractivity contribution < 1.29 is 18.3 Å². The highest BCUT2D eigenvalue weighted by molar-refractivity contribution is 7.90. The van der Waals surface area contributed by atoms with Gasteiger partial charge in [-0.1, -0.05) is 23.2 Å². The standard InChI is InChI=1S/C12H12Cl2N2O4S/c1-21(19,20)10-3-2-8(12(17)18)11(14)9(10)6-16-5-7(13)4-15/h2-5H,6,15H2,1H3,(H,17,18). The number of nitrogens with two attached hydrogens (primary N) is 1. The Bertz CT molecular complexity index is 727. The summed E-state index contributed by atoms with van der Waals surface area (Å²) in [5.74, 6) is -1.26. The smallest absolute Gasteiger partial charge is 0.337 e. The third-order valence-corrected chi connectivity index (χ3v) is 4.29. The maximum absolute atomic E-state index is 11.7. The van der Waals surface area contributed by atoms with Crippen LogP contribution in [0.25, 0.3) is 0 Å². The van der Waals surface area contributed by atoms with Crippen LogP contribution in [0, 0.1) is 0 Å². The van der Waals surface area contributed by atoms with Gasteiger partial charge in [0.25, 0.3) is 0 Å². The Kier molecular flexibility index (Phi) is 5.77. The molecule has 1 aromatic carbocycles. The molecule has 0 heterocycles. The molecule has 21 heavy (non-hydrogen) atoms. The van der Waals surface area contributed by atoms with Crippen molar-refractivity contribution in [1.29, 1.82) is 0 Å². The zero-order valence-corrected chi connectivity index (χ0v) is 13.2. The average Bonchev–Trinajstić information content (AvgIpc) is 2.38. The fraction of sp³-hybridized carbons (Fsp3) is 0.167. The number of hydrogen-bond acceptors (Lipinski definition) is 5. The quantitative estimate of drug-likeness (QED) is 0.789. The summed E-state index contributed by atoms with van der Waals surface area (Å²) in [6.45, 7) is -0.146. The Balaban J connectivity index is 3.40. The number of carboxylic acid groups (broad SMARTS) is 1. The number of aliphatic imine (C=N–C) groups is 1. The summed E-state index contributed by atoms with van der Waals surface area (Å²) in [6, 6.07) is 2.33. The predicted molar refractivity (Wildman–Crippen MR) is 81.8 cm³/mol. The molecule has 6 nitrogen and oxygen atoms in total. The maximum atomic E-state index is 11.7. The van der Waals surface area contributed by atoms with Crippen molar-refractivity contribution >= 4 is 45.2 Å². The fourth-order valence-electron chi connectivity index (χ4n) is 1.53. The average molecular weight is 351 g/mol. The first-order valence-electron chi connectivity index (χ1n) is 5.50. The molecular weight excluding hydrogens is 339 g/mol. The molecule has 0 aliphatic carbocycles. The van der Waals surface area contributed by atoms with Gasteiger partial charge in [0.15, 0.2) is 9.84 Å². The van der Waals surface area contributed by atoms with Gasteiger partial charge < -0.3 is 10.8 Å². The molecule has 0 aliphatic rings. The first-order chi connectivity index (χ1) is 9.68. The molecule has 0 saturated carbocycles. The zero-order valence-electron chi connectivity index (χ0n) is 10.9. The molecular formula is C12H12Cl2N2O4S. The molecule has 0 atom stereocenters. The van der Waals surface area contributed by atoms with E-state index in [1.807, 2.05) is 0 Å². The Labute approximate surface area is 131 Å². The number of rotatable bonds is 5. The van der Waals surface area contributed by atoms with Crippen LogP contribution in [-0.4, -0.2) is 32.0 Å². The second kappa shape index (κ2) is 6.93. The Morgan fingerprint density at radius 3 is 2.57 bits per heavy atom. The number of halogens is 2. The van der Waals surface area contributed by atoms with E-state index in [9.17, 15) is 13.2 Å². The number of benzene rings is 1. The largest absolute Gasteiger partial charge is 0.478 e. The normalized spacial score (nSPS) is 12.8. The van der Waals surface area contributed by atoms with Gasteiger partial charge in [-0.05, 0) is 12.1 Å². The van der Waals surface area contributed by atoms with E-state index in [0.717, 1.165) is 18.5 Å². The van der Waals surface area contributed by atoms with Crippen LogP contribution >= 0.6 is 23.2 Å². The van der Waals surface area contributed by atoms with Crippen LogP contribution in [0.4, 0.5) is 0 Å². The summed E-state index contributed by atoms with van der Waals surface area (Å²) >= 11 is 11.6. The number of hydrogen-bond donors (Lipinski definition) is 2. The van der Waals surface area contributed by atoms with Crippen LogP contribution in [0.2, 0.25) is 5.02 Å². The molecule has 0 amide bonds. The molecule has 114 valence electrons. The Hall–Kier alpha value is -1.57. The fourth-order valence-corrected chi connectivity index (χ4v) is 2.89. The summed E-state index contributed by atoms with van der Waals surface area (Å²) < 4.78 is 23.4. The van der Waals surface area contributed by atoms with Gasteiger partial charge in [0.2, 0.25) is 0 Å². The molecule has 0 aromatic heterocycles. The van der Waals surface area contributed by atoms with Crippen LogP contribution < -0.4 is 5.73 Å². The van der Waals surface area contributed by atoms with Crippen molar-refractivity contribution in [3.63, 3.8) is 0 Å². The predicted octanol–water partition coefficient (Wildman–Crippen LogP) is 2.05. The molecule has 0 aliphatic heterocycles. The van der Waals surface area contributed by atoms with Crippen molar-refractivity contribution in [3.05, 3.63) is 39.5 Å². The van der Waals surface area contributed by atoms with Crippen LogP contribution in [-0.2, 0) is 16.4 Å². The highest BCUT2D eigenvalue weighted by Gasteiger charge is 2.20. The highest BCUT2D eigenvalue weighted by Crippen LogP contribution is 2.28. The van der Waals surface area contributed by atoms with Crippen molar-refractivity contribution in [3.8, 4) is 0 Å². The lowest BCUT2D eigenvalue weighted by molar-refractivity contribution is 0.0697. The molecule has 1 rings (SSSR count). The first kappa shape index (κ1) is 17.5. The number of carboxylic acids is 1. The molecule has 0 spiro atoms. The minimum Gasteiger partial charge on any atom is -0.478 e. The van der Waals surface area contributed by atoms with Gasteiger partial charge in [-0.2, -0.15) is 0 Å². The molecule has 0 saturated heterocycles. The first-order valence-corrected chi connectivity index (χ1v) is 8.15. The Morgan fingerprint density at radius 1 is 1.48 bits per heavy atom. The van der Waals surface area contributed by atoms with Gasteiger partial charge in [-0.25, -0.2) is 13.2 Å². The van der Waals surface area contributed by atoms with Gasteiger partial charge >= 0.3 is 5.97 Å². The van der Waals surface area contributed by atoms with E-state index < -0.39 is 15.8 Å². The van der Waals surface area contributed by atoms with E-state index >= 15 is 0 Å². The van der Waals surface area contributed by atoms with E-state index in [1.54, 1.807) is 0 Å². The van der Waals surface area contributed by atoms with E-state index in [-0.39, 0.29) is 32.6 Å². The van der Waals surface area contributed by atoms with E-state index in [0.29, 0.717) is 0 Å². The number of carbonyl (C=O) groups is 1. The molecule has 0 bridgehead atoms. The lowest BCUT2D eigenvalue weighted by atomic mass is 10.1. The summed E-state index contributed by atoms with van der Waals surface area (Å²) in [4.78, 5) is 14.9. The maximum Gasteiger partial charge on any atom is 0.337 e. The number of aromatic carboxylic acids is 1. The molecule has 0 fully saturated rings. The number of sulfone groups is 1. The summed E-state index contributed by atoms with van der Waals surface area (Å²) in [5, 5.41) is 9.00. The van der Waals surface area contributed by atoms with Crippen molar-refractivity contribution in [2.24, 2.45) is 10.7 Å².